The van der Waals surface area contributed by atoms with E-state index in [0.717, 1.165) is 11.5 Å². The summed E-state index contributed by atoms with van der Waals surface area (Å²) in [6, 6.07) is 15.1. The number of nitrogens with one attached hydrogen (secondary N) is 1. The van der Waals surface area contributed by atoms with E-state index in [1.54, 1.807) is 0 Å². The van der Waals surface area contributed by atoms with Crippen LogP contribution in [0.25, 0.3) is 22.2 Å². The molecule has 0 saturated heterocycles. The highest BCUT2D eigenvalue weighted by molar-refractivity contribution is 5.86. The van der Waals surface area contributed by atoms with Crippen molar-refractivity contribution in [3.05, 3.63) is 48.0 Å². The van der Waals surface area contributed by atoms with Gasteiger partial charge in [0.25, 0.3) is 0 Å². The Kier molecular flexibility index (Phi) is 2.72. The average Bonchev–Trinajstić information content (AvgIpc) is 2.91. The molecule has 3 aromatic rings. The lowest BCUT2D eigenvalue weighted by atomic mass is 9.84. The molecule has 1 N–H and O–H groups in total. The number of benzene rings is 2. The van der Waals surface area contributed by atoms with Crippen molar-refractivity contribution < 1.29 is 0 Å². The van der Waals surface area contributed by atoms with Crippen LogP contribution in [0.2, 0.25) is 0 Å². The zero-order chi connectivity index (χ0) is 16.4. The van der Waals surface area contributed by atoms with Gasteiger partial charge >= 0.3 is 0 Å². The third kappa shape index (κ3) is 1.86. The van der Waals surface area contributed by atoms with E-state index < -0.39 is 0 Å². The number of nitrogens with zero attached hydrogens (tertiary/aromatic N) is 2. The summed E-state index contributed by atoms with van der Waals surface area (Å²) in [5, 5.41) is 3.58. The van der Waals surface area contributed by atoms with Gasteiger partial charge < -0.3 is 9.88 Å². The van der Waals surface area contributed by atoms with Crippen molar-refractivity contribution in [2.45, 2.75) is 45.7 Å². The first-order chi connectivity index (χ1) is 10.8. The number of aryl methyl sites for hydroxylation is 1. The van der Waals surface area contributed by atoms with Gasteiger partial charge in [0, 0.05) is 0 Å². The minimum atomic E-state index is -0.0265. The summed E-state index contributed by atoms with van der Waals surface area (Å²) in [5.74, 6) is 0.969. The molecule has 2 heterocycles. The number of hydrogen-bond donors (Lipinski definition) is 1. The van der Waals surface area contributed by atoms with Crippen LogP contribution in [0.15, 0.2) is 42.5 Å². The Balaban J connectivity index is 1.91. The SMILES string of the molecule is Cc1ccccc1-c1ccc2c(c1)nc1n2C(C)(C)C(C)(C)N1. The molecule has 1 aliphatic rings. The predicted molar refractivity (Wildman–Crippen MR) is 96.9 cm³/mol. The molecule has 0 saturated carbocycles. The van der Waals surface area contributed by atoms with Gasteiger partial charge in [0.05, 0.1) is 22.1 Å². The monoisotopic (exact) mass is 305 g/mol. The fraction of sp³-hybridized carbons (Fsp3) is 0.350. The van der Waals surface area contributed by atoms with Gasteiger partial charge in [0.1, 0.15) is 0 Å². The van der Waals surface area contributed by atoms with E-state index in [-0.39, 0.29) is 11.1 Å². The first kappa shape index (κ1) is 14.3. The first-order valence-corrected chi connectivity index (χ1v) is 8.18. The summed E-state index contributed by atoms with van der Waals surface area (Å²) in [4.78, 5) is 4.85. The minimum Gasteiger partial charge on any atom is -0.348 e. The second-order valence-corrected chi connectivity index (χ2v) is 7.60. The zero-order valence-electron chi connectivity index (χ0n) is 14.4. The van der Waals surface area contributed by atoms with E-state index in [4.69, 9.17) is 4.98 Å². The van der Waals surface area contributed by atoms with Crippen molar-refractivity contribution in [2.24, 2.45) is 0 Å². The Hall–Kier alpha value is -2.29. The maximum Gasteiger partial charge on any atom is 0.204 e. The number of aromatic nitrogens is 2. The zero-order valence-corrected chi connectivity index (χ0v) is 14.4. The van der Waals surface area contributed by atoms with Crippen molar-refractivity contribution in [3.8, 4) is 11.1 Å². The maximum absolute atomic E-state index is 4.85. The highest BCUT2D eigenvalue weighted by atomic mass is 15.3. The molecule has 3 heteroatoms. The maximum atomic E-state index is 4.85. The Bertz CT molecular complexity index is 916. The molecule has 0 amide bonds. The second kappa shape index (κ2) is 4.38. The van der Waals surface area contributed by atoms with Crippen LogP contribution in [0.1, 0.15) is 33.3 Å². The van der Waals surface area contributed by atoms with Gasteiger partial charge in [0.15, 0.2) is 0 Å². The van der Waals surface area contributed by atoms with Crippen molar-refractivity contribution >= 4 is 17.0 Å². The molecule has 0 radical (unpaired) electrons. The van der Waals surface area contributed by atoms with E-state index in [9.17, 15) is 0 Å². The number of rotatable bonds is 1. The molecule has 3 nitrogen and oxygen atoms in total. The lowest BCUT2D eigenvalue weighted by Gasteiger charge is -2.35. The second-order valence-electron chi connectivity index (χ2n) is 7.60. The summed E-state index contributed by atoms with van der Waals surface area (Å²) in [5.41, 5.74) is 5.99. The van der Waals surface area contributed by atoms with Gasteiger partial charge in [0.2, 0.25) is 5.95 Å². The highest BCUT2D eigenvalue weighted by Gasteiger charge is 2.47. The molecule has 118 valence electrons. The Morgan fingerprint density at radius 2 is 1.74 bits per heavy atom. The molecule has 0 aliphatic carbocycles. The van der Waals surface area contributed by atoms with Crippen molar-refractivity contribution in [2.75, 3.05) is 5.32 Å². The van der Waals surface area contributed by atoms with Crippen LogP contribution >= 0.6 is 0 Å². The summed E-state index contributed by atoms with van der Waals surface area (Å²) in [6.07, 6.45) is 0. The van der Waals surface area contributed by atoms with Crippen LogP contribution < -0.4 is 5.32 Å². The van der Waals surface area contributed by atoms with E-state index in [1.807, 2.05) is 0 Å². The van der Waals surface area contributed by atoms with Gasteiger partial charge in [-0.15, -0.1) is 0 Å². The topological polar surface area (TPSA) is 29.9 Å². The van der Waals surface area contributed by atoms with Crippen molar-refractivity contribution in [1.29, 1.82) is 0 Å². The Morgan fingerprint density at radius 3 is 2.48 bits per heavy atom. The van der Waals surface area contributed by atoms with Crippen LogP contribution in [0, 0.1) is 6.92 Å². The fourth-order valence-electron chi connectivity index (χ4n) is 3.51. The predicted octanol–water partition coefficient (Wildman–Crippen LogP) is 4.95. The molecule has 0 unspecified atom stereocenters. The normalized spacial score (nSPS) is 18.0. The van der Waals surface area contributed by atoms with Crippen LogP contribution in [0.3, 0.4) is 0 Å². The van der Waals surface area contributed by atoms with E-state index in [1.165, 1.54) is 22.2 Å². The molecule has 1 aromatic heterocycles. The van der Waals surface area contributed by atoms with Crippen LogP contribution in [-0.4, -0.2) is 15.1 Å². The van der Waals surface area contributed by atoms with Crippen LogP contribution in [0.5, 0.6) is 0 Å². The third-order valence-electron chi connectivity index (χ3n) is 5.62. The fourth-order valence-corrected chi connectivity index (χ4v) is 3.51. The lowest BCUT2D eigenvalue weighted by molar-refractivity contribution is 0.270. The smallest absolute Gasteiger partial charge is 0.204 e. The molecule has 1 aliphatic heterocycles. The average molecular weight is 305 g/mol. The number of imidazole rings is 1. The molecule has 4 rings (SSSR count). The van der Waals surface area contributed by atoms with E-state index >= 15 is 0 Å². The molecule has 0 bridgehead atoms. The Morgan fingerprint density at radius 1 is 1.00 bits per heavy atom. The van der Waals surface area contributed by atoms with Crippen LogP contribution in [0.4, 0.5) is 5.95 Å². The van der Waals surface area contributed by atoms with E-state index in [0.29, 0.717) is 0 Å². The van der Waals surface area contributed by atoms with Crippen molar-refractivity contribution in [3.63, 3.8) is 0 Å². The third-order valence-corrected chi connectivity index (χ3v) is 5.62. The first-order valence-electron chi connectivity index (χ1n) is 8.18. The molecule has 23 heavy (non-hydrogen) atoms. The standard InChI is InChI=1S/C20H23N3/c1-13-8-6-7-9-15(13)14-10-11-17-16(12-14)21-18-22-19(2,3)20(4,5)23(17)18/h6-12H,1-5H3,(H,21,22). The molecule has 0 atom stereocenters. The van der Waals surface area contributed by atoms with Gasteiger partial charge in [-0.1, -0.05) is 30.3 Å². The van der Waals surface area contributed by atoms with Gasteiger partial charge in [-0.3, -0.25) is 0 Å². The number of hydrogen-bond acceptors (Lipinski definition) is 2. The quantitative estimate of drug-likeness (QED) is 0.689. The largest absolute Gasteiger partial charge is 0.348 e. The summed E-state index contributed by atoms with van der Waals surface area (Å²) in [6.45, 7) is 11.2. The summed E-state index contributed by atoms with van der Waals surface area (Å²) >= 11 is 0. The van der Waals surface area contributed by atoms with E-state index in [2.05, 4.69) is 87.0 Å². The summed E-state index contributed by atoms with van der Waals surface area (Å²) < 4.78 is 2.34. The Labute approximate surface area is 137 Å². The van der Waals surface area contributed by atoms with Gasteiger partial charge in [-0.2, -0.15) is 0 Å². The highest BCUT2D eigenvalue weighted by Crippen LogP contribution is 2.44. The van der Waals surface area contributed by atoms with Crippen molar-refractivity contribution in [1.82, 2.24) is 9.55 Å². The summed E-state index contributed by atoms with van der Waals surface area (Å²) in [7, 11) is 0. The molecular weight excluding hydrogens is 282 g/mol. The number of fused-ring (bicyclic) bond motifs is 3. The molecular formula is C20H23N3. The minimum absolute atomic E-state index is 0.0157. The molecule has 0 spiro atoms. The molecule has 0 fully saturated rings. The number of anilines is 1. The lowest BCUT2D eigenvalue weighted by Crippen LogP contribution is -2.46. The molecule has 2 aromatic carbocycles. The van der Waals surface area contributed by atoms with Gasteiger partial charge in [-0.05, 0) is 63.4 Å². The van der Waals surface area contributed by atoms with Gasteiger partial charge in [-0.25, -0.2) is 4.98 Å². The van der Waals surface area contributed by atoms with Crippen LogP contribution in [-0.2, 0) is 5.54 Å².